The number of hydrogen-bond donors (Lipinski definition) is 4. The van der Waals surface area contributed by atoms with Crippen molar-refractivity contribution in [3.63, 3.8) is 0 Å². The number of carboxylic acid groups (broad SMARTS) is 1. The van der Waals surface area contributed by atoms with Gasteiger partial charge in [0, 0.05) is 23.7 Å². The van der Waals surface area contributed by atoms with E-state index in [4.69, 9.17) is 25.8 Å². The van der Waals surface area contributed by atoms with Crippen LogP contribution in [0.4, 0.5) is 29.3 Å². The molecule has 29 heavy (non-hydrogen) atoms. The number of aliphatic carboxylic acids is 1. The van der Waals surface area contributed by atoms with Crippen molar-refractivity contribution in [1.29, 1.82) is 0 Å². The Hall–Kier alpha value is -3.41. The summed E-state index contributed by atoms with van der Waals surface area (Å²) in [5.74, 6) is -2.00. The SMILES string of the molecule is CC(NCc1cnc(N)nc1N)c1cc2cccc(F)c2o1.O=C(O)C(F)(F)F. The number of para-hydroxylation sites is 1. The van der Waals surface area contributed by atoms with Gasteiger partial charge in [0.05, 0.1) is 6.04 Å². The van der Waals surface area contributed by atoms with Gasteiger partial charge in [-0.2, -0.15) is 18.2 Å². The summed E-state index contributed by atoms with van der Waals surface area (Å²) in [6, 6.07) is 6.54. The van der Waals surface area contributed by atoms with E-state index in [9.17, 15) is 17.6 Å². The molecule has 12 heteroatoms. The van der Waals surface area contributed by atoms with Gasteiger partial charge in [-0.3, -0.25) is 0 Å². The van der Waals surface area contributed by atoms with E-state index >= 15 is 0 Å². The van der Waals surface area contributed by atoms with Gasteiger partial charge in [0.2, 0.25) is 5.95 Å². The normalized spacial score (nSPS) is 12.3. The van der Waals surface area contributed by atoms with Crippen molar-refractivity contribution in [1.82, 2.24) is 15.3 Å². The molecular weight excluding hydrogens is 398 g/mol. The van der Waals surface area contributed by atoms with Crippen molar-refractivity contribution in [2.45, 2.75) is 25.7 Å². The lowest BCUT2D eigenvalue weighted by Crippen LogP contribution is -2.21. The third kappa shape index (κ3) is 5.78. The molecule has 1 atom stereocenters. The zero-order valence-electron chi connectivity index (χ0n) is 15.0. The van der Waals surface area contributed by atoms with Gasteiger partial charge >= 0.3 is 12.1 Å². The number of benzene rings is 1. The summed E-state index contributed by atoms with van der Waals surface area (Å²) in [4.78, 5) is 16.7. The Kier molecular flexibility index (Phi) is 6.59. The van der Waals surface area contributed by atoms with Gasteiger partial charge in [-0.25, -0.2) is 14.2 Å². The number of carbonyl (C=O) groups is 1. The number of fused-ring (bicyclic) bond motifs is 1. The molecule has 156 valence electrons. The van der Waals surface area contributed by atoms with E-state index in [-0.39, 0.29) is 23.4 Å². The molecule has 0 radical (unpaired) electrons. The van der Waals surface area contributed by atoms with Crippen LogP contribution in [0, 0.1) is 5.82 Å². The zero-order chi connectivity index (χ0) is 21.8. The van der Waals surface area contributed by atoms with Crippen LogP contribution in [0.15, 0.2) is 34.9 Å². The van der Waals surface area contributed by atoms with Crippen LogP contribution in [0.5, 0.6) is 0 Å². The summed E-state index contributed by atoms with van der Waals surface area (Å²) in [6.45, 7) is 2.37. The highest BCUT2D eigenvalue weighted by molar-refractivity contribution is 5.78. The van der Waals surface area contributed by atoms with Gasteiger partial charge in [0.15, 0.2) is 11.4 Å². The highest BCUT2D eigenvalue weighted by Gasteiger charge is 2.38. The number of rotatable bonds is 4. The minimum absolute atomic E-state index is 0.122. The molecule has 0 fully saturated rings. The molecule has 0 saturated carbocycles. The molecule has 3 aromatic rings. The lowest BCUT2D eigenvalue weighted by atomic mass is 10.2. The standard InChI is InChI=1S/C15H16FN5O.C2HF3O2/c1-8(19-6-10-7-20-15(18)21-14(10)17)12-5-9-3-2-4-11(16)13(9)22-12;3-2(4,5)1(6)7/h2-5,7-8,19H,6H2,1H3,(H4,17,18,20,21);(H,6,7). The molecular formula is C17H17F4N5O3. The van der Waals surface area contributed by atoms with Crippen molar-refractivity contribution in [2.75, 3.05) is 11.5 Å². The number of alkyl halides is 3. The fraction of sp³-hybridized carbons (Fsp3) is 0.235. The zero-order valence-corrected chi connectivity index (χ0v) is 15.0. The molecule has 2 aromatic heterocycles. The van der Waals surface area contributed by atoms with Crippen LogP contribution in [0.1, 0.15) is 24.3 Å². The lowest BCUT2D eigenvalue weighted by molar-refractivity contribution is -0.192. The number of aromatic nitrogens is 2. The Bertz CT molecular complexity index is 1010. The summed E-state index contributed by atoms with van der Waals surface area (Å²) in [5.41, 5.74) is 12.2. The number of nitrogens with two attached hydrogens (primary N) is 2. The van der Waals surface area contributed by atoms with Crippen LogP contribution < -0.4 is 16.8 Å². The molecule has 6 N–H and O–H groups in total. The summed E-state index contributed by atoms with van der Waals surface area (Å²) in [6.07, 6.45) is -3.50. The Morgan fingerprint density at radius 1 is 1.34 bits per heavy atom. The summed E-state index contributed by atoms with van der Waals surface area (Å²) in [5, 5.41) is 11.1. The van der Waals surface area contributed by atoms with E-state index in [1.165, 1.54) is 6.07 Å². The second-order valence-electron chi connectivity index (χ2n) is 5.85. The van der Waals surface area contributed by atoms with Crippen LogP contribution in [0.2, 0.25) is 0 Å². The third-order valence-electron chi connectivity index (χ3n) is 3.70. The second kappa shape index (κ2) is 8.73. The van der Waals surface area contributed by atoms with Gasteiger partial charge in [0.1, 0.15) is 11.6 Å². The first-order valence-corrected chi connectivity index (χ1v) is 8.07. The predicted molar refractivity (Wildman–Crippen MR) is 96.0 cm³/mol. The average molecular weight is 415 g/mol. The van der Waals surface area contributed by atoms with Crippen LogP contribution in [0.25, 0.3) is 11.0 Å². The van der Waals surface area contributed by atoms with Crippen molar-refractivity contribution >= 4 is 28.7 Å². The highest BCUT2D eigenvalue weighted by Crippen LogP contribution is 2.26. The molecule has 8 nitrogen and oxygen atoms in total. The number of anilines is 2. The number of nitrogen functional groups attached to an aromatic ring is 2. The Labute approximate surface area is 161 Å². The first kappa shape index (κ1) is 21.9. The molecule has 2 heterocycles. The molecule has 0 bridgehead atoms. The molecule has 3 rings (SSSR count). The van der Waals surface area contributed by atoms with E-state index < -0.39 is 12.1 Å². The van der Waals surface area contributed by atoms with Crippen molar-refractivity contribution < 1.29 is 31.9 Å². The van der Waals surface area contributed by atoms with Crippen LogP contribution in [0.3, 0.4) is 0 Å². The Morgan fingerprint density at radius 3 is 2.55 bits per heavy atom. The minimum atomic E-state index is -5.08. The molecule has 0 saturated heterocycles. The van der Waals surface area contributed by atoms with Gasteiger partial charge in [-0.15, -0.1) is 0 Å². The minimum Gasteiger partial charge on any atom is -0.475 e. The van der Waals surface area contributed by atoms with Gasteiger partial charge in [-0.05, 0) is 19.1 Å². The fourth-order valence-corrected chi connectivity index (χ4v) is 2.19. The van der Waals surface area contributed by atoms with Crippen molar-refractivity contribution in [3.05, 3.63) is 47.6 Å². The molecule has 0 aliphatic rings. The average Bonchev–Trinajstić information content (AvgIpc) is 3.06. The number of hydrogen-bond acceptors (Lipinski definition) is 7. The highest BCUT2D eigenvalue weighted by atomic mass is 19.4. The monoisotopic (exact) mass is 415 g/mol. The van der Waals surface area contributed by atoms with E-state index in [1.807, 2.05) is 19.1 Å². The van der Waals surface area contributed by atoms with E-state index in [0.29, 0.717) is 18.1 Å². The smallest absolute Gasteiger partial charge is 0.475 e. The maximum Gasteiger partial charge on any atom is 0.490 e. The molecule has 0 spiro atoms. The molecule has 1 unspecified atom stereocenters. The van der Waals surface area contributed by atoms with E-state index in [2.05, 4.69) is 15.3 Å². The molecule has 0 amide bonds. The van der Waals surface area contributed by atoms with Crippen LogP contribution in [-0.4, -0.2) is 27.2 Å². The summed E-state index contributed by atoms with van der Waals surface area (Å²) in [7, 11) is 0. The second-order valence-corrected chi connectivity index (χ2v) is 5.85. The van der Waals surface area contributed by atoms with Gasteiger partial charge in [0.25, 0.3) is 0 Å². The molecule has 1 aromatic carbocycles. The first-order chi connectivity index (χ1) is 13.5. The summed E-state index contributed by atoms with van der Waals surface area (Å²) >= 11 is 0. The number of carboxylic acids is 1. The maximum absolute atomic E-state index is 13.6. The largest absolute Gasteiger partial charge is 0.490 e. The van der Waals surface area contributed by atoms with E-state index in [1.54, 1.807) is 12.3 Å². The number of nitrogens with one attached hydrogen (secondary N) is 1. The van der Waals surface area contributed by atoms with Crippen LogP contribution in [-0.2, 0) is 11.3 Å². The van der Waals surface area contributed by atoms with Crippen LogP contribution >= 0.6 is 0 Å². The van der Waals surface area contributed by atoms with E-state index in [0.717, 1.165) is 10.9 Å². The maximum atomic E-state index is 13.6. The van der Waals surface area contributed by atoms with Crippen molar-refractivity contribution in [3.8, 4) is 0 Å². The Morgan fingerprint density at radius 2 is 2.00 bits per heavy atom. The lowest BCUT2D eigenvalue weighted by Gasteiger charge is -2.12. The Balaban J connectivity index is 0.000000370. The molecule has 0 aliphatic heterocycles. The number of nitrogens with zero attached hydrogens (tertiary/aromatic N) is 2. The predicted octanol–water partition coefficient (Wildman–Crippen LogP) is 3.01. The topological polar surface area (TPSA) is 140 Å². The number of furan rings is 1. The first-order valence-electron chi connectivity index (χ1n) is 8.07. The quantitative estimate of drug-likeness (QED) is 0.477. The fourth-order valence-electron chi connectivity index (χ4n) is 2.19. The number of halogens is 4. The van der Waals surface area contributed by atoms with Gasteiger partial charge in [-0.1, -0.05) is 12.1 Å². The van der Waals surface area contributed by atoms with Gasteiger partial charge < -0.3 is 26.3 Å². The third-order valence-corrected chi connectivity index (χ3v) is 3.70. The molecule has 0 aliphatic carbocycles. The van der Waals surface area contributed by atoms with Crippen molar-refractivity contribution in [2.24, 2.45) is 0 Å². The summed E-state index contributed by atoms with van der Waals surface area (Å²) < 4.78 is 51.0.